The van der Waals surface area contributed by atoms with Crippen molar-refractivity contribution in [2.75, 3.05) is 18.8 Å². The molecule has 2 aliphatic rings. The summed E-state index contributed by atoms with van der Waals surface area (Å²) in [4.78, 5) is 27.3. The number of hydrogen-bond donors (Lipinski definition) is 1. The third-order valence-electron chi connectivity index (χ3n) is 8.31. The molecule has 0 bridgehead atoms. The number of benzene rings is 1. The van der Waals surface area contributed by atoms with Gasteiger partial charge in [0.15, 0.2) is 17.3 Å². The molecule has 1 unspecified atom stereocenters. The topological polar surface area (TPSA) is 108 Å². The summed E-state index contributed by atoms with van der Waals surface area (Å²) in [5.74, 6) is 3.13. The summed E-state index contributed by atoms with van der Waals surface area (Å²) in [6.07, 6.45) is 13.7. The predicted octanol–water partition coefficient (Wildman–Crippen LogP) is 5.73. The minimum Gasteiger partial charge on any atom is -0.383 e. The molecule has 0 saturated carbocycles. The second kappa shape index (κ2) is 12.0. The van der Waals surface area contributed by atoms with Crippen LogP contribution in [-0.2, 0) is 11.2 Å². The SMILES string of the molecule is C=CC.Nc1ncccc1-c1nc2ccc(-n3cccn3)nc2n1-c1ccc2c(c1)CCC2CC1CCN(C=O)CC1. The Kier molecular flexibility index (Phi) is 7.81. The van der Waals surface area contributed by atoms with Crippen molar-refractivity contribution in [1.82, 2.24) is 34.2 Å². The number of fused-ring (bicyclic) bond motifs is 2. The van der Waals surface area contributed by atoms with E-state index in [1.807, 2.05) is 48.4 Å². The molecule has 1 saturated heterocycles. The number of nitrogens with two attached hydrogens (primary N) is 1. The minimum absolute atomic E-state index is 0.434. The highest BCUT2D eigenvalue weighted by Gasteiger charge is 2.28. The van der Waals surface area contributed by atoms with Crippen LogP contribution in [0.1, 0.15) is 49.7 Å². The van der Waals surface area contributed by atoms with Gasteiger partial charge in [0.25, 0.3) is 0 Å². The second-order valence-electron chi connectivity index (χ2n) is 11.0. The van der Waals surface area contributed by atoms with Gasteiger partial charge in [-0.15, -0.1) is 6.58 Å². The summed E-state index contributed by atoms with van der Waals surface area (Å²) in [5.41, 5.74) is 12.5. The smallest absolute Gasteiger partial charge is 0.209 e. The maximum Gasteiger partial charge on any atom is 0.209 e. The van der Waals surface area contributed by atoms with Crippen LogP contribution in [0.3, 0.4) is 0 Å². The van der Waals surface area contributed by atoms with Crippen molar-refractivity contribution < 1.29 is 4.79 Å². The summed E-state index contributed by atoms with van der Waals surface area (Å²) in [6.45, 7) is 7.02. The highest BCUT2D eigenvalue weighted by molar-refractivity contribution is 5.83. The maximum atomic E-state index is 11.1. The third-order valence-corrected chi connectivity index (χ3v) is 8.31. The van der Waals surface area contributed by atoms with Crippen molar-refractivity contribution in [2.24, 2.45) is 5.92 Å². The van der Waals surface area contributed by atoms with Gasteiger partial charge >= 0.3 is 0 Å². The highest BCUT2D eigenvalue weighted by Crippen LogP contribution is 2.41. The number of rotatable bonds is 6. The average molecular weight is 561 g/mol. The molecule has 5 aromatic rings. The van der Waals surface area contributed by atoms with Crippen molar-refractivity contribution in [2.45, 2.75) is 44.9 Å². The molecule has 9 nitrogen and oxygen atoms in total. The number of aryl methyl sites for hydroxylation is 1. The Labute approximate surface area is 245 Å². The molecule has 1 fully saturated rings. The third kappa shape index (κ3) is 5.30. The van der Waals surface area contributed by atoms with Crippen LogP contribution in [-0.4, -0.2) is 53.7 Å². The second-order valence-corrected chi connectivity index (χ2v) is 11.0. The number of aromatic nitrogens is 6. The highest BCUT2D eigenvalue weighted by atomic mass is 16.1. The fourth-order valence-electron chi connectivity index (χ4n) is 6.28. The molecule has 0 radical (unpaired) electrons. The monoisotopic (exact) mass is 560 g/mol. The van der Waals surface area contributed by atoms with Crippen LogP contribution in [0.2, 0.25) is 0 Å². The standard InChI is InChI=1S/C30H30N8O.C3H6/c31-28-25(3-1-12-32-28)29-34-26-8-9-27(37-14-2-13-33-37)35-30(26)38(29)23-6-7-24-21(4-5-22(24)18-23)17-20-10-15-36(19-39)16-11-20;1-3-2/h1-3,6-9,12-14,18-21H,4-5,10-11,15-17H2,(H2,31,32);3H,1H2,2H3. The molecule has 1 aromatic carbocycles. The molecule has 1 aliphatic carbocycles. The van der Waals surface area contributed by atoms with E-state index in [9.17, 15) is 4.79 Å². The molecule has 1 aliphatic heterocycles. The molecule has 4 aromatic heterocycles. The Hall–Kier alpha value is -4.79. The normalized spacial score (nSPS) is 16.6. The molecule has 7 rings (SSSR count). The van der Waals surface area contributed by atoms with Crippen molar-refractivity contribution in [3.8, 4) is 22.9 Å². The molecular weight excluding hydrogens is 524 g/mol. The Bertz CT molecular complexity index is 1700. The first-order valence-corrected chi connectivity index (χ1v) is 14.6. The van der Waals surface area contributed by atoms with E-state index in [1.54, 1.807) is 23.2 Å². The van der Waals surface area contributed by atoms with Gasteiger partial charge in [-0.1, -0.05) is 12.1 Å². The first-order chi connectivity index (χ1) is 20.6. The zero-order valence-electron chi connectivity index (χ0n) is 23.9. The number of imidazole rings is 1. The maximum absolute atomic E-state index is 11.1. The number of likely N-dealkylation sites (tertiary alicyclic amines) is 1. The predicted molar refractivity (Wildman–Crippen MR) is 166 cm³/mol. The number of anilines is 1. The number of carbonyl (C=O) groups excluding carboxylic acids is 1. The van der Waals surface area contributed by atoms with Crippen molar-refractivity contribution in [3.63, 3.8) is 0 Å². The van der Waals surface area contributed by atoms with Gasteiger partial charge in [0, 0.05) is 37.4 Å². The number of allylic oxidation sites excluding steroid dienone is 1. The summed E-state index contributed by atoms with van der Waals surface area (Å²) < 4.78 is 3.85. The van der Waals surface area contributed by atoms with Crippen molar-refractivity contribution in [1.29, 1.82) is 0 Å². The summed E-state index contributed by atoms with van der Waals surface area (Å²) in [7, 11) is 0. The van der Waals surface area contributed by atoms with Crippen molar-refractivity contribution in [3.05, 3.63) is 90.9 Å². The largest absolute Gasteiger partial charge is 0.383 e. The summed E-state index contributed by atoms with van der Waals surface area (Å²) in [6, 6.07) is 16.4. The molecule has 0 spiro atoms. The molecule has 42 heavy (non-hydrogen) atoms. The van der Waals surface area contributed by atoms with Gasteiger partial charge in [-0.3, -0.25) is 9.36 Å². The van der Waals surface area contributed by atoms with E-state index < -0.39 is 0 Å². The van der Waals surface area contributed by atoms with Crippen molar-refractivity contribution >= 4 is 23.4 Å². The lowest BCUT2D eigenvalue weighted by Gasteiger charge is -2.30. The molecule has 5 heterocycles. The number of piperidine rings is 1. The number of nitrogen functional groups attached to an aromatic ring is 1. The van der Waals surface area contributed by atoms with Crippen LogP contribution >= 0.6 is 0 Å². The van der Waals surface area contributed by atoms with Gasteiger partial charge < -0.3 is 10.6 Å². The Balaban J connectivity index is 0.00000101. The van der Waals surface area contributed by atoms with Crippen LogP contribution in [0.25, 0.3) is 34.1 Å². The molecule has 1 atom stereocenters. The van der Waals surface area contributed by atoms with E-state index in [4.69, 9.17) is 15.7 Å². The van der Waals surface area contributed by atoms with Gasteiger partial charge in [0.05, 0.1) is 5.56 Å². The lowest BCUT2D eigenvalue weighted by atomic mass is 9.84. The van der Waals surface area contributed by atoms with Crippen LogP contribution in [0.4, 0.5) is 5.82 Å². The van der Waals surface area contributed by atoms with Crippen LogP contribution in [0, 0.1) is 5.92 Å². The molecule has 1 amide bonds. The fourth-order valence-corrected chi connectivity index (χ4v) is 6.28. The van der Waals surface area contributed by atoms with Crippen LogP contribution < -0.4 is 5.73 Å². The molecule has 9 heteroatoms. The number of pyridine rings is 2. The van der Waals surface area contributed by atoms with Gasteiger partial charge in [0.1, 0.15) is 11.3 Å². The van der Waals surface area contributed by atoms with Gasteiger partial charge in [-0.2, -0.15) is 5.10 Å². The Morgan fingerprint density at radius 2 is 1.88 bits per heavy atom. The van der Waals surface area contributed by atoms with Gasteiger partial charge in [-0.05, 0) is 104 Å². The Morgan fingerprint density at radius 1 is 1.05 bits per heavy atom. The van der Waals surface area contributed by atoms with E-state index in [0.29, 0.717) is 17.7 Å². The quantitative estimate of drug-likeness (QED) is 0.210. The molecular formula is C33H36N8O. The van der Waals surface area contributed by atoms with Crippen LogP contribution in [0.5, 0.6) is 0 Å². The van der Waals surface area contributed by atoms with E-state index in [1.165, 1.54) is 24.0 Å². The summed E-state index contributed by atoms with van der Waals surface area (Å²) >= 11 is 0. The lowest BCUT2D eigenvalue weighted by molar-refractivity contribution is -0.119. The summed E-state index contributed by atoms with van der Waals surface area (Å²) in [5, 5.41) is 4.36. The average Bonchev–Trinajstić information content (AvgIpc) is 3.77. The molecule has 214 valence electrons. The minimum atomic E-state index is 0.434. The van der Waals surface area contributed by atoms with E-state index >= 15 is 0 Å². The van der Waals surface area contributed by atoms with Gasteiger partial charge in [0.2, 0.25) is 6.41 Å². The van der Waals surface area contributed by atoms with Gasteiger partial charge in [-0.25, -0.2) is 19.6 Å². The number of amides is 1. The van der Waals surface area contributed by atoms with E-state index in [-0.39, 0.29) is 0 Å². The van der Waals surface area contributed by atoms with Crippen LogP contribution in [0.15, 0.2) is 79.8 Å². The number of hydrogen-bond acceptors (Lipinski definition) is 6. The lowest BCUT2D eigenvalue weighted by Crippen LogP contribution is -2.32. The Morgan fingerprint density at radius 3 is 2.62 bits per heavy atom. The zero-order chi connectivity index (χ0) is 29.1. The zero-order valence-corrected chi connectivity index (χ0v) is 23.9. The first-order valence-electron chi connectivity index (χ1n) is 14.6. The first kappa shape index (κ1) is 27.4. The van der Waals surface area contributed by atoms with E-state index in [0.717, 1.165) is 72.8 Å². The van der Waals surface area contributed by atoms with E-state index in [2.05, 4.69) is 39.4 Å². The fraction of sp³-hybridized carbons (Fsp3) is 0.303. The number of carbonyl (C=O) groups is 1. The molecule has 2 N–H and O–H groups in total. The number of nitrogens with zero attached hydrogens (tertiary/aromatic N) is 7.